The standard InChI is InChI=1S/C8H8N4O2/c1-14-12-7-5(3-2-4-10-7)6(11-9)8(12)13/h2-4H,9H2,1H3/b11-6+. The van der Waals surface area contributed by atoms with Gasteiger partial charge in [-0.05, 0) is 12.1 Å². The minimum absolute atomic E-state index is 0.162. The van der Waals surface area contributed by atoms with Crippen LogP contribution in [0.4, 0.5) is 5.82 Å². The lowest BCUT2D eigenvalue weighted by atomic mass is 10.2. The first kappa shape index (κ1) is 8.64. The van der Waals surface area contributed by atoms with Gasteiger partial charge >= 0.3 is 5.91 Å². The Morgan fingerprint density at radius 2 is 2.43 bits per heavy atom. The Balaban J connectivity index is 2.62. The molecule has 0 fully saturated rings. The van der Waals surface area contributed by atoms with Crippen LogP contribution in [0.25, 0.3) is 0 Å². The molecule has 2 rings (SSSR count). The maximum atomic E-state index is 11.6. The summed E-state index contributed by atoms with van der Waals surface area (Å²) in [6.07, 6.45) is 1.57. The summed E-state index contributed by atoms with van der Waals surface area (Å²) in [6.45, 7) is 0. The first-order chi connectivity index (χ1) is 6.79. The lowest BCUT2D eigenvalue weighted by Gasteiger charge is -2.10. The average Bonchev–Trinajstić information content (AvgIpc) is 2.49. The van der Waals surface area contributed by atoms with Gasteiger partial charge in [0.2, 0.25) is 0 Å². The highest BCUT2D eigenvalue weighted by Gasteiger charge is 2.35. The lowest BCUT2D eigenvalue weighted by Crippen LogP contribution is -2.29. The summed E-state index contributed by atoms with van der Waals surface area (Å²) in [5.74, 6) is 5.13. The van der Waals surface area contributed by atoms with E-state index in [0.717, 1.165) is 5.06 Å². The second-order valence-corrected chi connectivity index (χ2v) is 2.63. The molecule has 0 spiro atoms. The number of hydrazone groups is 1. The zero-order valence-corrected chi connectivity index (χ0v) is 7.47. The summed E-state index contributed by atoms with van der Waals surface area (Å²) in [7, 11) is 1.38. The molecule has 0 aliphatic carbocycles. The zero-order valence-electron chi connectivity index (χ0n) is 7.47. The Morgan fingerprint density at radius 1 is 1.64 bits per heavy atom. The number of amides is 1. The summed E-state index contributed by atoms with van der Waals surface area (Å²) in [4.78, 5) is 20.4. The molecule has 0 bridgehead atoms. The maximum Gasteiger partial charge on any atom is 0.304 e. The summed E-state index contributed by atoms with van der Waals surface area (Å²) >= 11 is 0. The van der Waals surface area contributed by atoms with Crippen molar-refractivity contribution in [1.29, 1.82) is 0 Å². The van der Waals surface area contributed by atoms with Crippen molar-refractivity contribution in [2.24, 2.45) is 10.9 Å². The van der Waals surface area contributed by atoms with E-state index in [2.05, 4.69) is 10.1 Å². The highest BCUT2D eigenvalue weighted by molar-refractivity contribution is 6.53. The van der Waals surface area contributed by atoms with E-state index in [9.17, 15) is 4.79 Å². The fourth-order valence-electron chi connectivity index (χ4n) is 1.35. The average molecular weight is 192 g/mol. The maximum absolute atomic E-state index is 11.6. The number of aromatic nitrogens is 1. The molecule has 6 nitrogen and oxygen atoms in total. The fraction of sp³-hybridized carbons (Fsp3) is 0.125. The third-order valence-electron chi connectivity index (χ3n) is 1.93. The van der Waals surface area contributed by atoms with E-state index < -0.39 is 5.91 Å². The Labute approximate surface area is 79.9 Å². The van der Waals surface area contributed by atoms with Crippen LogP contribution in [0.15, 0.2) is 23.4 Å². The van der Waals surface area contributed by atoms with Gasteiger partial charge in [0.15, 0.2) is 11.5 Å². The highest BCUT2D eigenvalue weighted by atomic mass is 16.7. The van der Waals surface area contributed by atoms with Crippen molar-refractivity contribution in [2.75, 3.05) is 12.2 Å². The van der Waals surface area contributed by atoms with Crippen molar-refractivity contribution in [1.82, 2.24) is 4.98 Å². The molecule has 0 radical (unpaired) electrons. The van der Waals surface area contributed by atoms with Crippen LogP contribution in [0.1, 0.15) is 5.56 Å². The number of hydroxylamine groups is 1. The molecule has 2 N–H and O–H groups in total. The Hall–Kier alpha value is -1.95. The number of anilines is 1. The second-order valence-electron chi connectivity index (χ2n) is 2.63. The van der Waals surface area contributed by atoms with Crippen molar-refractivity contribution in [3.63, 3.8) is 0 Å². The van der Waals surface area contributed by atoms with Crippen LogP contribution in [0.2, 0.25) is 0 Å². The summed E-state index contributed by atoms with van der Waals surface area (Å²) in [5, 5.41) is 4.47. The molecule has 0 saturated carbocycles. The van der Waals surface area contributed by atoms with Gasteiger partial charge in [-0.3, -0.25) is 9.63 Å². The molecule has 0 saturated heterocycles. The van der Waals surface area contributed by atoms with Crippen molar-refractivity contribution in [3.05, 3.63) is 23.9 Å². The minimum Gasteiger partial charge on any atom is -0.322 e. The van der Waals surface area contributed by atoms with Gasteiger partial charge in [0, 0.05) is 6.20 Å². The Morgan fingerprint density at radius 3 is 3.07 bits per heavy atom. The molecule has 1 aliphatic heterocycles. The van der Waals surface area contributed by atoms with E-state index in [0.29, 0.717) is 11.4 Å². The van der Waals surface area contributed by atoms with Gasteiger partial charge in [0.1, 0.15) is 0 Å². The van der Waals surface area contributed by atoms with Gasteiger partial charge in [-0.25, -0.2) is 4.98 Å². The topological polar surface area (TPSA) is 80.8 Å². The molecule has 0 unspecified atom stereocenters. The van der Waals surface area contributed by atoms with Crippen LogP contribution in [-0.2, 0) is 9.63 Å². The number of hydrogen-bond acceptors (Lipinski definition) is 5. The molecule has 14 heavy (non-hydrogen) atoms. The number of pyridine rings is 1. The van der Waals surface area contributed by atoms with Gasteiger partial charge in [0.25, 0.3) is 0 Å². The first-order valence-electron chi connectivity index (χ1n) is 3.91. The monoisotopic (exact) mass is 192 g/mol. The predicted octanol–water partition coefficient (Wildman–Crippen LogP) is -0.348. The van der Waals surface area contributed by atoms with Gasteiger partial charge in [-0.2, -0.15) is 10.2 Å². The number of rotatable bonds is 1. The first-order valence-corrected chi connectivity index (χ1v) is 3.91. The van der Waals surface area contributed by atoms with Crippen molar-refractivity contribution in [3.8, 4) is 0 Å². The molecule has 2 heterocycles. The van der Waals surface area contributed by atoms with Crippen molar-refractivity contribution >= 4 is 17.4 Å². The van der Waals surface area contributed by atoms with E-state index >= 15 is 0 Å². The van der Waals surface area contributed by atoms with Crippen LogP contribution in [0, 0.1) is 0 Å². The predicted molar refractivity (Wildman–Crippen MR) is 49.5 cm³/mol. The number of hydrogen-bond donors (Lipinski definition) is 1. The molecule has 1 aliphatic rings. The van der Waals surface area contributed by atoms with Gasteiger partial charge in [-0.15, -0.1) is 0 Å². The quantitative estimate of drug-likeness (QED) is 0.487. The van der Waals surface area contributed by atoms with Crippen LogP contribution >= 0.6 is 0 Å². The molecule has 0 aromatic carbocycles. The number of carbonyl (C=O) groups is 1. The molecule has 1 aromatic rings. The van der Waals surface area contributed by atoms with Crippen molar-refractivity contribution < 1.29 is 9.63 Å². The minimum atomic E-state index is -0.399. The molecular weight excluding hydrogens is 184 g/mol. The lowest BCUT2D eigenvalue weighted by molar-refractivity contribution is -0.117. The zero-order chi connectivity index (χ0) is 10.1. The van der Waals surface area contributed by atoms with Gasteiger partial charge in [-0.1, -0.05) is 0 Å². The SMILES string of the molecule is CON1C(=O)/C(=N/N)c2cccnc21. The van der Waals surface area contributed by atoms with Crippen LogP contribution in [0.3, 0.4) is 0 Å². The van der Waals surface area contributed by atoms with Crippen LogP contribution in [0.5, 0.6) is 0 Å². The normalized spacial score (nSPS) is 17.6. The summed E-state index contributed by atoms with van der Waals surface area (Å²) < 4.78 is 0. The van der Waals surface area contributed by atoms with E-state index in [4.69, 9.17) is 10.7 Å². The smallest absolute Gasteiger partial charge is 0.304 e. The molecule has 1 aromatic heterocycles. The largest absolute Gasteiger partial charge is 0.322 e. The van der Waals surface area contributed by atoms with Crippen molar-refractivity contribution in [2.45, 2.75) is 0 Å². The second kappa shape index (κ2) is 3.08. The number of fused-ring (bicyclic) bond motifs is 1. The molecule has 0 atom stereocenters. The molecule has 6 heteroatoms. The van der Waals surface area contributed by atoms with Crippen LogP contribution < -0.4 is 10.9 Å². The van der Waals surface area contributed by atoms with E-state index in [1.165, 1.54) is 7.11 Å². The fourth-order valence-corrected chi connectivity index (χ4v) is 1.35. The third kappa shape index (κ3) is 0.975. The Bertz CT molecular complexity index is 416. The number of nitrogens with two attached hydrogens (primary N) is 1. The molecular formula is C8H8N4O2. The third-order valence-corrected chi connectivity index (χ3v) is 1.93. The highest BCUT2D eigenvalue weighted by Crippen LogP contribution is 2.25. The molecule has 72 valence electrons. The van der Waals surface area contributed by atoms with E-state index in [1.54, 1.807) is 18.3 Å². The van der Waals surface area contributed by atoms with Gasteiger partial charge in [0.05, 0.1) is 12.7 Å². The molecule has 1 amide bonds. The van der Waals surface area contributed by atoms with E-state index in [1.807, 2.05) is 0 Å². The number of nitrogens with zero attached hydrogens (tertiary/aromatic N) is 3. The van der Waals surface area contributed by atoms with Gasteiger partial charge < -0.3 is 5.84 Å². The number of carbonyl (C=O) groups excluding carboxylic acids is 1. The Kier molecular flexibility index (Phi) is 1.90. The summed E-state index contributed by atoms with van der Waals surface area (Å²) in [6, 6.07) is 3.42. The van der Waals surface area contributed by atoms with Crippen LogP contribution in [-0.4, -0.2) is 23.7 Å². The summed E-state index contributed by atoms with van der Waals surface area (Å²) in [5.41, 5.74) is 0.747. The van der Waals surface area contributed by atoms with E-state index in [-0.39, 0.29) is 5.71 Å².